The van der Waals surface area contributed by atoms with Crippen LogP contribution in [0.5, 0.6) is 0 Å². The van der Waals surface area contributed by atoms with Crippen LogP contribution >= 0.6 is 0 Å². The van der Waals surface area contributed by atoms with Gasteiger partial charge in [-0.3, -0.25) is 11.3 Å². The first-order valence-corrected chi connectivity index (χ1v) is 8.00. The Morgan fingerprint density at radius 3 is 2.55 bits per heavy atom. The van der Waals surface area contributed by atoms with Crippen LogP contribution in [0, 0.1) is 23.6 Å². The molecule has 110 valence electrons. The molecule has 3 N–H and O–H groups in total. The van der Waals surface area contributed by atoms with Gasteiger partial charge in [-0.15, -0.1) is 0 Å². The third-order valence-corrected chi connectivity index (χ3v) is 5.47. The first-order chi connectivity index (χ1) is 9.79. The van der Waals surface area contributed by atoms with Gasteiger partial charge in [0.2, 0.25) is 0 Å². The summed E-state index contributed by atoms with van der Waals surface area (Å²) in [5.74, 6) is 7.84. The van der Waals surface area contributed by atoms with Gasteiger partial charge in [0.1, 0.15) is 5.82 Å². The van der Waals surface area contributed by atoms with Gasteiger partial charge in [0.05, 0.1) is 6.04 Å². The first kappa shape index (κ1) is 14.0. The summed E-state index contributed by atoms with van der Waals surface area (Å²) in [4.78, 5) is 0. The SMILES string of the molecule is NNC(c1ccccc1F)C1CCC2CCCCC2C1. The fourth-order valence-corrected chi connectivity index (χ4v) is 4.42. The molecule has 1 aromatic rings. The molecular weight excluding hydrogens is 251 g/mol. The van der Waals surface area contributed by atoms with Crippen molar-refractivity contribution in [2.45, 2.75) is 51.0 Å². The zero-order valence-corrected chi connectivity index (χ0v) is 12.0. The smallest absolute Gasteiger partial charge is 0.128 e. The highest BCUT2D eigenvalue weighted by Crippen LogP contribution is 2.46. The Kier molecular flexibility index (Phi) is 4.37. The lowest BCUT2D eigenvalue weighted by atomic mass is 9.65. The zero-order valence-electron chi connectivity index (χ0n) is 12.0. The zero-order chi connectivity index (χ0) is 13.9. The fourth-order valence-electron chi connectivity index (χ4n) is 4.42. The van der Waals surface area contributed by atoms with Gasteiger partial charge in [-0.05, 0) is 43.1 Å². The summed E-state index contributed by atoms with van der Waals surface area (Å²) >= 11 is 0. The Bertz CT molecular complexity index is 448. The lowest BCUT2D eigenvalue weighted by Gasteiger charge is -2.42. The number of benzene rings is 1. The topological polar surface area (TPSA) is 38.0 Å². The Labute approximate surface area is 120 Å². The summed E-state index contributed by atoms with van der Waals surface area (Å²) in [6, 6.07) is 7.00. The van der Waals surface area contributed by atoms with Crippen LogP contribution in [0.1, 0.15) is 56.6 Å². The highest BCUT2D eigenvalue weighted by atomic mass is 19.1. The fraction of sp³-hybridized carbons (Fsp3) is 0.647. The number of hydrogen-bond donors (Lipinski definition) is 2. The molecule has 3 rings (SSSR count). The van der Waals surface area contributed by atoms with E-state index in [2.05, 4.69) is 5.43 Å². The quantitative estimate of drug-likeness (QED) is 0.648. The molecule has 2 nitrogen and oxygen atoms in total. The standard InChI is InChI=1S/C17H25FN2/c18-16-8-4-3-7-15(16)17(20-19)14-10-9-12-5-1-2-6-13(12)11-14/h3-4,7-8,12-14,17,20H,1-2,5-6,9-11,19H2. The van der Waals surface area contributed by atoms with Gasteiger partial charge in [0.25, 0.3) is 0 Å². The molecule has 2 aliphatic rings. The molecule has 0 bridgehead atoms. The number of rotatable bonds is 3. The van der Waals surface area contributed by atoms with Gasteiger partial charge in [-0.2, -0.15) is 0 Å². The monoisotopic (exact) mass is 276 g/mol. The second-order valence-electron chi connectivity index (χ2n) is 6.54. The van der Waals surface area contributed by atoms with E-state index in [1.807, 2.05) is 12.1 Å². The summed E-state index contributed by atoms with van der Waals surface area (Å²) in [6.45, 7) is 0. The Balaban J connectivity index is 1.75. The second-order valence-corrected chi connectivity index (χ2v) is 6.54. The van der Waals surface area contributed by atoms with Crippen LogP contribution in [0.25, 0.3) is 0 Å². The van der Waals surface area contributed by atoms with Crippen molar-refractivity contribution in [1.29, 1.82) is 0 Å². The molecule has 0 radical (unpaired) electrons. The minimum Gasteiger partial charge on any atom is -0.271 e. The van der Waals surface area contributed by atoms with E-state index >= 15 is 0 Å². The summed E-state index contributed by atoms with van der Waals surface area (Å²) < 4.78 is 14.0. The van der Waals surface area contributed by atoms with Crippen LogP contribution in [0.3, 0.4) is 0 Å². The number of halogens is 1. The molecule has 0 saturated heterocycles. The maximum atomic E-state index is 14.0. The van der Waals surface area contributed by atoms with Gasteiger partial charge in [-0.1, -0.05) is 43.9 Å². The normalized spacial score (nSPS) is 31.6. The summed E-state index contributed by atoms with van der Waals surface area (Å²) in [6.07, 6.45) is 9.19. The molecule has 4 atom stereocenters. The molecule has 0 amide bonds. The number of hydrogen-bond acceptors (Lipinski definition) is 2. The summed E-state index contributed by atoms with van der Waals surface area (Å²) in [7, 11) is 0. The molecule has 2 aliphatic carbocycles. The van der Waals surface area contributed by atoms with Crippen molar-refractivity contribution in [3.8, 4) is 0 Å². The molecule has 0 spiro atoms. The van der Waals surface area contributed by atoms with Gasteiger partial charge in [0, 0.05) is 5.56 Å². The maximum Gasteiger partial charge on any atom is 0.128 e. The Morgan fingerprint density at radius 1 is 1.05 bits per heavy atom. The lowest BCUT2D eigenvalue weighted by Crippen LogP contribution is -2.38. The molecule has 20 heavy (non-hydrogen) atoms. The predicted molar refractivity (Wildman–Crippen MR) is 79.3 cm³/mol. The molecule has 0 heterocycles. The van der Waals surface area contributed by atoms with E-state index in [4.69, 9.17) is 5.84 Å². The lowest BCUT2D eigenvalue weighted by molar-refractivity contribution is 0.108. The average molecular weight is 276 g/mol. The van der Waals surface area contributed by atoms with Gasteiger partial charge in [-0.25, -0.2) is 4.39 Å². The first-order valence-electron chi connectivity index (χ1n) is 8.00. The van der Waals surface area contributed by atoms with Crippen LogP contribution < -0.4 is 11.3 Å². The Hall–Kier alpha value is -0.930. The third-order valence-electron chi connectivity index (χ3n) is 5.47. The van der Waals surface area contributed by atoms with E-state index in [1.54, 1.807) is 6.07 Å². The molecule has 2 fully saturated rings. The number of nitrogens with one attached hydrogen (secondary N) is 1. The maximum absolute atomic E-state index is 14.0. The average Bonchev–Trinajstić information content (AvgIpc) is 2.50. The largest absolute Gasteiger partial charge is 0.271 e. The predicted octanol–water partition coefficient (Wildman–Crippen LogP) is 3.94. The van der Waals surface area contributed by atoms with E-state index < -0.39 is 0 Å². The van der Waals surface area contributed by atoms with E-state index in [0.717, 1.165) is 17.4 Å². The molecule has 0 aromatic heterocycles. The van der Waals surface area contributed by atoms with Crippen LogP contribution in [0.15, 0.2) is 24.3 Å². The molecule has 3 heteroatoms. The van der Waals surface area contributed by atoms with Gasteiger partial charge in [0.15, 0.2) is 0 Å². The van der Waals surface area contributed by atoms with E-state index in [1.165, 1.54) is 51.0 Å². The molecule has 1 aromatic carbocycles. The van der Waals surface area contributed by atoms with Crippen LogP contribution in [0.2, 0.25) is 0 Å². The van der Waals surface area contributed by atoms with E-state index in [0.29, 0.717) is 5.92 Å². The van der Waals surface area contributed by atoms with Crippen molar-refractivity contribution in [3.63, 3.8) is 0 Å². The minimum atomic E-state index is -0.138. The molecule has 2 saturated carbocycles. The number of hydrazine groups is 1. The number of nitrogens with two attached hydrogens (primary N) is 1. The van der Waals surface area contributed by atoms with Crippen molar-refractivity contribution < 1.29 is 4.39 Å². The Morgan fingerprint density at radius 2 is 1.80 bits per heavy atom. The molecule has 4 unspecified atom stereocenters. The second kappa shape index (κ2) is 6.23. The van der Waals surface area contributed by atoms with Crippen molar-refractivity contribution in [2.24, 2.45) is 23.6 Å². The summed E-state index contributed by atoms with van der Waals surface area (Å²) in [5.41, 5.74) is 3.62. The van der Waals surface area contributed by atoms with Crippen molar-refractivity contribution in [2.75, 3.05) is 0 Å². The van der Waals surface area contributed by atoms with E-state index in [-0.39, 0.29) is 11.9 Å². The van der Waals surface area contributed by atoms with Crippen LogP contribution in [-0.4, -0.2) is 0 Å². The minimum absolute atomic E-state index is 0.0425. The van der Waals surface area contributed by atoms with Crippen LogP contribution in [0.4, 0.5) is 4.39 Å². The van der Waals surface area contributed by atoms with Gasteiger partial charge >= 0.3 is 0 Å². The summed E-state index contributed by atoms with van der Waals surface area (Å²) in [5, 5.41) is 0. The van der Waals surface area contributed by atoms with Crippen molar-refractivity contribution in [3.05, 3.63) is 35.6 Å². The highest BCUT2D eigenvalue weighted by molar-refractivity contribution is 5.22. The van der Waals surface area contributed by atoms with E-state index in [9.17, 15) is 4.39 Å². The molecular formula is C17H25FN2. The van der Waals surface area contributed by atoms with Gasteiger partial charge < -0.3 is 0 Å². The highest BCUT2D eigenvalue weighted by Gasteiger charge is 2.36. The van der Waals surface area contributed by atoms with Crippen molar-refractivity contribution >= 4 is 0 Å². The van der Waals surface area contributed by atoms with Crippen LogP contribution in [-0.2, 0) is 0 Å². The third kappa shape index (κ3) is 2.75. The van der Waals surface area contributed by atoms with Crippen molar-refractivity contribution in [1.82, 2.24) is 5.43 Å². The number of fused-ring (bicyclic) bond motifs is 1. The molecule has 0 aliphatic heterocycles.